The summed E-state index contributed by atoms with van der Waals surface area (Å²) in [5.41, 5.74) is 2.83. The molecule has 0 fully saturated rings. The average molecular weight is 402 g/mol. The predicted molar refractivity (Wildman–Crippen MR) is 101 cm³/mol. The largest absolute Gasteiger partial charge is 0.573 e. The van der Waals surface area contributed by atoms with Gasteiger partial charge < -0.3 is 9.47 Å². The lowest BCUT2D eigenvalue weighted by Crippen LogP contribution is -2.17. The van der Waals surface area contributed by atoms with Crippen LogP contribution in [0, 0.1) is 6.92 Å². The number of rotatable bonds is 5. The number of hydrogen-bond donors (Lipinski definition) is 0. The van der Waals surface area contributed by atoms with Crippen molar-refractivity contribution in [1.29, 1.82) is 0 Å². The first-order valence-electron chi connectivity index (χ1n) is 8.55. The number of aromatic nitrogens is 2. The van der Waals surface area contributed by atoms with Gasteiger partial charge in [0.1, 0.15) is 5.75 Å². The number of esters is 1. The second kappa shape index (κ2) is 8.22. The quantitative estimate of drug-likeness (QED) is 0.448. The van der Waals surface area contributed by atoms with Crippen molar-refractivity contribution in [2.75, 3.05) is 7.11 Å². The zero-order valence-electron chi connectivity index (χ0n) is 15.6. The first-order valence-corrected chi connectivity index (χ1v) is 8.55. The van der Waals surface area contributed by atoms with Gasteiger partial charge in [0.05, 0.1) is 18.5 Å². The van der Waals surface area contributed by atoms with Crippen molar-refractivity contribution in [1.82, 2.24) is 9.78 Å². The van der Waals surface area contributed by atoms with Crippen molar-refractivity contribution >= 4 is 12.0 Å². The summed E-state index contributed by atoms with van der Waals surface area (Å²) in [5, 5.41) is 4.41. The van der Waals surface area contributed by atoms with Crippen LogP contribution in [0.15, 0.2) is 60.7 Å². The summed E-state index contributed by atoms with van der Waals surface area (Å²) in [6.45, 7) is 1.83. The smallest absolute Gasteiger partial charge is 0.466 e. The van der Waals surface area contributed by atoms with Crippen molar-refractivity contribution in [3.8, 4) is 22.6 Å². The minimum absolute atomic E-state index is 0.281. The Labute approximate surface area is 165 Å². The van der Waals surface area contributed by atoms with E-state index in [4.69, 9.17) is 0 Å². The molecule has 0 aliphatic rings. The standard InChI is InChI=1S/C21H17F3N2O3/c1-14-12-16(10-11-20(27)28-2)25-26(14)17-7-5-6-15(13-17)18-8-3-4-9-19(18)29-21(22,23)24/h3-13H,1-2H3/b11-10+. The van der Waals surface area contributed by atoms with E-state index in [-0.39, 0.29) is 5.75 Å². The molecule has 0 saturated heterocycles. The van der Waals surface area contributed by atoms with E-state index < -0.39 is 12.3 Å². The van der Waals surface area contributed by atoms with E-state index >= 15 is 0 Å². The highest BCUT2D eigenvalue weighted by molar-refractivity contribution is 5.86. The van der Waals surface area contributed by atoms with E-state index in [0.29, 0.717) is 22.5 Å². The van der Waals surface area contributed by atoms with Crippen LogP contribution in [-0.2, 0) is 9.53 Å². The van der Waals surface area contributed by atoms with Gasteiger partial charge in [-0.2, -0.15) is 5.10 Å². The van der Waals surface area contributed by atoms with Crippen molar-refractivity contribution < 1.29 is 27.4 Å². The first kappa shape index (κ1) is 20.2. The molecule has 0 aliphatic heterocycles. The van der Waals surface area contributed by atoms with E-state index in [0.717, 1.165) is 5.69 Å². The molecule has 5 nitrogen and oxygen atoms in total. The molecule has 29 heavy (non-hydrogen) atoms. The van der Waals surface area contributed by atoms with Gasteiger partial charge in [0.25, 0.3) is 0 Å². The van der Waals surface area contributed by atoms with Crippen molar-refractivity contribution in [2.24, 2.45) is 0 Å². The van der Waals surface area contributed by atoms with Crippen LogP contribution in [0.3, 0.4) is 0 Å². The predicted octanol–water partition coefficient (Wildman–Crippen LogP) is 4.93. The molecule has 1 heterocycles. The molecule has 0 saturated carbocycles. The number of nitrogens with zero attached hydrogens (tertiary/aromatic N) is 2. The van der Waals surface area contributed by atoms with Crippen molar-refractivity contribution in [3.05, 3.63) is 72.1 Å². The Kier molecular flexibility index (Phi) is 5.72. The Bertz CT molecular complexity index is 1060. The number of alkyl halides is 3. The first-order chi connectivity index (χ1) is 13.8. The minimum atomic E-state index is -4.78. The SMILES string of the molecule is COC(=O)/C=C/c1cc(C)n(-c2cccc(-c3ccccc3OC(F)(F)F)c2)n1. The van der Waals surface area contributed by atoms with Crippen LogP contribution in [0.2, 0.25) is 0 Å². The topological polar surface area (TPSA) is 53.4 Å². The Morgan fingerprint density at radius 3 is 2.59 bits per heavy atom. The zero-order chi connectivity index (χ0) is 21.0. The highest BCUT2D eigenvalue weighted by Crippen LogP contribution is 2.34. The third-order valence-corrected chi connectivity index (χ3v) is 4.01. The van der Waals surface area contributed by atoms with E-state index in [1.807, 2.05) is 6.92 Å². The molecule has 8 heteroatoms. The number of carbonyl (C=O) groups excluding carboxylic acids is 1. The normalized spacial score (nSPS) is 11.6. The number of hydrogen-bond acceptors (Lipinski definition) is 4. The Balaban J connectivity index is 1.97. The van der Waals surface area contributed by atoms with Gasteiger partial charge in [-0.15, -0.1) is 13.2 Å². The number of benzene rings is 2. The number of aryl methyl sites for hydroxylation is 1. The lowest BCUT2D eigenvalue weighted by molar-refractivity contribution is -0.274. The van der Waals surface area contributed by atoms with E-state index in [1.165, 1.54) is 31.4 Å². The fourth-order valence-corrected chi connectivity index (χ4v) is 2.79. The van der Waals surface area contributed by atoms with E-state index in [9.17, 15) is 18.0 Å². The molecule has 0 spiro atoms. The molecule has 3 rings (SSSR count). The van der Waals surface area contributed by atoms with E-state index in [1.54, 1.807) is 47.1 Å². The Morgan fingerprint density at radius 1 is 1.10 bits per heavy atom. The summed E-state index contributed by atoms with van der Waals surface area (Å²) >= 11 is 0. The fraction of sp³-hybridized carbons (Fsp3) is 0.143. The summed E-state index contributed by atoms with van der Waals surface area (Å²) in [6.07, 6.45) is -2.01. The molecule has 150 valence electrons. The maximum atomic E-state index is 12.7. The lowest BCUT2D eigenvalue weighted by atomic mass is 10.0. The Hall–Kier alpha value is -3.55. The third-order valence-electron chi connectivity index (χ3n) is 4.01. The average Bonchev–Trinajstić information content (AvgIpc) is 3.06. The van der Waals surface area contributed by atoms with Gasteiger partial charge in [0.15, 0.2) is 0 Å². The minimum Gasteiger partial charge on any atom is -0.466 e. The third kappa shape index (κ3) is 5.04. The molecule has 0 unspecified atom stereocenters. The molecular formula is C21H17F3N2O3. The van der Waals surface area contributed by atoms with Crippen LogP contribution < -0.4 is 4.74 Å². The van der Waals surface area contributed by atoms with Crippen LogP contribution in [0.1, 0.15) is 11.4 Å². The molecule has 1 aromatic heterocycles. The van der Waals surface area contributed by atoms with Gasteiger partial charge in [-0.25, -0.2) is 9.48 Å². The summed E-state index contributed by atoms with van der Waals surface area (Å²) < 4.78 is 48.5. The molecule has 3 aromatic rings. The van der Waals surface area contributed by atoms with Crippen LogP contribution in [0.5, 0.6) is 5.75 Å². The zero-order valence-corrected chi connectivity index (χ0v) is 15.6. The van der Waals surface area contributed by atoms with Gasteiger partial charge >= 0.3 is 12.3 Å². The molecular weight excluding hydrogens is 385 g/mol. The second-order valence-electron chi connectivity index (χ2n) is 6.07. The fourth-order valence-electron chi connectivity index (χ4n) is 2.79. The second-order valence-corrected chi connectivity index (χ2v) is 6.07. The van der Waals surface area contributed by atoms with Gasteiger partial charge in [-0.05, 0) is 42.8 Å². The number of ether oxygens (including phenoxy) is 2. The molecule has 0 N–H and O–H groups in total. The molecule has 0 bridgehead atoms. The van der Waals surface area contributed by atoms with Crippen molar-refractivity contribution in [3.63, 3.8) is 0 Å². The summed E-state index contributed by atoms with van der Waals surface area (Å²) in [7, 11) is 1.28. The Morgan fingerprint density at radius 2 is 1.86 bits per heavy atom. The lowest BCUT2D eigenvalue weighted by Gasteiger charge is -2.14. The summed E-state index contributed by atoms with van der Waals surface area (Å²) in [6, 6.07) is 14.6. The van der Waals surface area contributed by atoms with Crippen LogP contribution in [-0.4, -0.2) is 29.2 Å². The highest BCUT2D eigenvalue weighted by Gasteiger charge is 2.32. The van der Waals surface area contributed by atoms with Gasteiger partial charge in [-0.1, -0.05) is 30.3 Å². The van der Waals surface area contributed by atoms with Gasteiger partial charge in [0.2, 0.25) is 0 Å². The number of halogens is 3. The number of methoxy groups -OCH3 is 1. The maximum Gasteiger partial charge on any atom is 0.573 e. The van der Waals surface area contributed by atoms with Crippen LogP contribution in [0.25, 0.3) is 22.9 Å². The monoisotopic (exact) mass is 402 g/mol. The number of carbonyl (C=O) groups is 1. The number of para-hydroxylation sites is 1. The van der Waals surface area contributed by atoms with Crippen LogP contribution >= 0.6 is 0 Å². The van der Waals surface area contributed by atoms with E-state index in [2.05, 4.69) is 14.6 Å². The molecule has 2 aromatic carbocycles. The molecule has 0 amide bonds. The van der Waals surface area contributed by atoms with Crippen LogP contribution in [0.4, 0.5) is 13.2 Å². The molecule has 0 radical (unpaired) electrons. The molecule has 0 aliphatic carbocycles. The maximum absolute atomic E-state index is 12.7. The van der Waals surface area contributed by atoms with Gasteiger partial charge in [0, 0.05) is 17.3 Å². The van der Waals surface area contributed by atoms with Crippen molar-refractivity contribution in [2.45, 2.75) is 13.3 Å². The summed E-state index contributed by atoms with van der Waals surface area (Å²) in [4.78, 5) is 11.2. The summed E-state index contributed by atoms with van der Waals surface area (Å²) in [5.74, 6) is -0.781. The molecule has 0 atom stereocenters. The van der Waals surface area contributed by atoms with Gasteiger partial charge in [-0.3, -0.25) is 0 Å². The highest BCUT2D eigenvalue weighted by atomic mass is 19.4.